The van der Waals surface area contributed by atoms with Crippen molar-refractivity contribution in [1.29, 1.82) is 0 Å². The van der Waals surface area contributed by atoms with Crippen molar-refractivity contribution in [3.63, 3.8) is 0 Å². The number of nitrogen functional groups attached to an aromatic ring is 1. The van der Waals surface area contributed by atoms with Gasteiger partial charge in [0.2, 0.25) is 5.91 Å². The van der Waals surface area contributed by atoms with Crippen molar-refractivity contribution in [2.45, 2.75) is 31.6 Å². The molecule has 0 bridgehead atoms. The number of aromatic nitrogens is 4. The first-order valence-electron chi connectivity index (χ1n) is 10.6. The Hall–Kier alpha value is -3.31. The molecule has 1 aromatic carbocycles. The Morgan fingerprint density at radius 3 is 2.73 bits per heavy atom. The first kappa shape index (κ1) is 24.3. The summed E-state index contributed by atoms with van der Waals surface area (Å²) in [5, 5.41) is 0.716. The Morgan fingerprint density at radius 1 is 1.27 bits per heavy atom. The minimum atomic E-state index is -0.719. The smallest absolute Gasteiger partial charge is 0.330 e. The van der Waals surface area contributed by atoms with Crippen LogP contribution in [0.15, 0.2) is 57.5 Å². The summed E-state index contributed by atoms with van der Waals surface area (Å²) in [6.45, 7) is 3.31. The third kappa shape index (κ3) is 5.93. The lowest BCUT2D eigenvalue weighted by Crippen LogP contribution is -2.43. The van der Waals surface area contributed by atoms with Crippen molar-refractivity contribution < 1.29 is 9.53 Å². The van der Waals surface area contributed by atoms with E-state index in [1.807, 2.05) is 41.1 Å². The molecule has 176 valence electrons. The quantitative estimate of drug-likeness (QED) is 0.405. The van der Waals surface area contributed by atoms with Crippen molar-refractivity contribution in [3.05, 3.63) is 69.1 Å². The zero-order chi connectivity index (χ0) is 23.8. The van der Waals surface area contributed by atoms with Crippen LogP contribution in [0.3, 0.4) is 0 Å². The van der Waals surface area contributed by atoms with Gasteiger partial charge in [-0.05, 0) is 12.0 Å². The largest absolute Gasteiger partial charge is 0.383 e. The van der Waals surface area contributed by atoms with Gasteiger partial charge in [-0.15, -0.1) is 0 Å². The van der Waals surface area contributed by atoms with Crippen LogP contribution in [0, 0.1) is 0 Å². The summed E-state index contributed by atoms with van der Waals surface area (Å²) < 4.78 is 8.36. The molecule has 3 N–H and O–H groups in total. The van der Waals surface area contributed by atoms with E-state index in [1.165, 1.54) is 28.3 Å². The number of methoxy groups -OCH3 is 1. The molecular formula is C22H28N6O4S. The Labute approximate surface area is 195 Å². The number of nitrogens with two attached hydrogens (primary N) is 1. The molecular weight excluding hydrogens is 444 g/mol. The molecule has 0 aliphatic rings. The van der Waals surface area contributed by atoms with Crippen LogP contribution in [0.1, 0.15) is 18.9 Å². The standard InChI is InChI=1S/C22H28N6O4S/c1-3-10-26-11-9-24-22(26)33-15-17(29)27(12-13-32-2)18-19(23)28(21(31)25-20(18)30)14-16-7-5-4-6-8-16/h4-9,11H,3,10,12-15,23H2,1-2H3,(H,25,30,31). The van der Waals surface area contributed by atoms with Crippen LogP contribution < -0.4 is 21.9 Å². The highest BCUT2D eigenvalue weighted by Crippen LogP contribution is 2.21. The number of aryl methyl sites for hydroxylation is 1. The summed E-state index contributed by atoms with van der Waals surface area (Å²) in [6, 6.07) is 9.25. The first-order valence-corrected chi connectivity index (χ1v) is 11.5. The molecule has 0 aliphatic carbocycles. The van der Waals surface area contributed by atoms with Crippen LogP contribution in [0.25, 0.3) is 0 Å². The van der Waals surface area contributed by atoms with Gasteiger partial charge in [-0.1, -0.05) is 49.0 Å². The van der Waals surface area contributed by atoms with Crippen molar-refractivity contribution >= 4 is 29.2 Å². The van der Waals surface area contributed by atoms with E-state index in [0.29, 0.717) is 5.16 Å². The van der Waals surface area contributed by atoms with E-state index in [2.05, 4.69) is 16.9 Å². The Morgan fingerprint density at radius 2 is 2.03 bits per heavy atom. The molecule has 0 spiro atoms. The fourth-order valence-corrected chi connectivity index (χ4v) is 4.22. The molecule has 0 saturated carbocycles. The van der Waals surface area contributed by atoms with Crippen molar-refractivity contribution in [2.24, 2.45) is 0 Å². The molecule has 0 aliphatic heterocycles. The minimum Gasteiger partial charge on any atom is -0.383 e. The maximum absolute atomic E-state index is 13.2. The number of carbonyl (C=O) groups is 1. The van der Waals surface area contributed by atoms with E-state index in [9.17, 15) is 14.4 Å². The van der Waals surface area contributed by atoms with Gasteiger partial charge in [-0.25, -0.2) is 9.78 Å². The van der Waals surface area contributed by atoms with Crippen molar-refractivity contribution in [1.82, 2.24) is 19.1 Å². The lowest BCUT2D eigenvalue weighted by Gasteiger charge is -2.24. The van der Waals surface area contributed by atoms with Gasteiger partial charge in [-0.2, -0.15) is 0 Å². The zero-order valence-corrected chi connectivity index (χ0v) is 19.5. The number of anilines is 2. The van der Waals surface area contributed by atoms with E-state index in [-0.39, 0.29) is 42.9 Å². The Balaban J connectivity index is 1.91. The van der Waals surface area contributed by atoms with Gasteiger partial charge >= 0.3 is 5.69 Å². The highest BCUT2D eigenvalue weighted by atomic mass is 32.2. The molecule has 10 nitrogen and oxygen atoms in total. The van der Waals surface area contributed by atoms with Gasteiger partial charge < -0.3 is 19.9 Å². The topological polar surface area (TPSA) is 128 Å². The maximum Gasteiger partial charge on any atom is 0.330 e. The van der Waals surface area contributed by atoms with Gasteiger partial charge in [0.1, 0.15) is 5.82 Å². The normalized spacial score (nSPS) is 11.0. The van der Waals surface area contributed by atoms with Gasteiger partial charge in [-0.3, -0.25) is 19.1 Å². The Bertz CT molecular complexity index is 1190. The lowest BCUT2D eigenvalue weighted by atomic mass is 10.2. The molecule has 0 atom stereocenters. The Kier molecular flexibility index (Phi) is 8.50. The molecule has 0 fully saturated rings. The summed E-state index contributed by atoms with van der Waals surface area (Å²) in [7, 11) is 1.50. The second kappa shape index (κ2) is 11.5. The number of ether oxygens (including phenoxy) is 1. The molecule has 0 saturated heterocycles. The van der Waals surface area contributed by atoms with Gasteiger partial charge in [0.25, 0.3) is 5.56 Å². The van der Waals surface area contributed by atoms with Crippen molar-refractivity contribution in [3.8, 4) is 0 Å². The minimum absolute atomic E-state index is 0.0428. The number of nitrogens with one attached hydrogen (secondary N) is 1. The van der Waals surface area contributed by atoms with Crippen LogP contribution in [0.2, 0.25) is 0 Å². The predicted octanol–water partition coefficient (Wildman–Crippen LogP) is 1.55. The monoisotopic (exact) mass is 472 g/mol. The number of hydrogen-bond donors (Lipinski definition) is 2. The summed E-state index contributed by atoms with van der Waals surface area (Å²) >= 11 is 1.28. The van der Waals surface area contributed by atoms with Crippen LogP contribution >= 0.6 is 11.8 Å². The molecule has 11 heteroatoms. The number of thioether (sulfide) groups is 1. The molecule has 3 aromatic rings. The molecule has 33 heavy (non-hydrogen) atoms. The highest BCUT2D eigenvalue weighted by molar-refractivity contribution is 7.99. The number of amides is 1. The number of nitrogens with zero attached hydrogens (tertiary/aromatic N) is 4. The number of H-pyrrole nitrogens is 1. The number of carbonyl (C=O) groups excluding carboxylic acids is 1. The number of rotatable bonds is 11. The van der Waals surface area contributed by atoms with E-state index in [4.69, 9.17) is 10.5 Å². The van der Waals surface area contributed by atoms with Gasteiger partial charge in [0.05, 0.1) is 18.9 Å². The maximum atomic E-state index is 13.2. The number of benzene rings is 1. The second-order valence-corrected chi connectivity index (χ2v) is 8.24. The zero-order valence-electron chi connectivity index (χ0n) is 18.7. The third-order valence-corrected chi connectivity index (χ3v) is 5.94. The average Bonchev–Trinajstić information content (AvgIpc) is 3.25. The second-order valence-electron chi connectivity index (χ2n) is 7.29. The molecule has 3 rings (SSSR count). The molecule has 1 amide bonds. The average molecular weight is 473 g/mol. The SMILES string of the molecule is CCCn1ccnc1SCC(=O)N(CCOC)c1c(N)n(Cc2ccccc2)c(=O)[nH]c1=O. The molecule has 2 heterocycles. The van der Waals surface area contributed by atoms with Gasteiger partial charge in [0, 0.05) is 32.6 Å². The highest BCUT2D eigenvalue weighted by Gasteiger charge is 2.24. The lowest BCUT2D eigenvalue weighted by molar-refractivity contribution is -0.116. The first-order chi connectivity index (χ1) is 16.0. The molecule has 0 unspecified atom stereocenters. The third-order valence-electron chi connectivity index (χ3n) is 4.95. The van der Waals surface area contributed by atoms with Crippen LogP contribution in [-0.2, 0) is 22.6 Å². The summed E-state index contributed by atoms with van der Waals surface area (Å²) in [5.74, 6) is -0.374. The van der Waals surface area contributed by atoms with E-state index in [1.54, 1.807) is 6.20 Å². The number of aromatic amines is 1. The summed E-state index contributed by atoms with van der Waals surface area (Å²) in [6.07, 6.45) is 4.49. The van der Waals surface area contributed by atoms with Gasteiger partial charge in [0.15, 0.2) is 10.8 Å². The number of hydrogen-bond acceptors (Lipinski definition) is 7. The van der Waals surface area contributed by atoms with Crippen LogP contribution in [0.4, 0.5) is 11.5 Å². The summed E-state index contributed by atoms with van der Waals surface area (Å²) in [5.41, 5.74) is 5.69. The fourth-order valence-electron chi connectivity index (χ4n) is 3.36. The van der Waals surface area contributed by atoms with Crippen LogP contribution in [-0.4, -0.2) is 51.0 Å². The summed E-state index contributed by atoms with van der Waals surface area (Å²) in [4.78, 5) is 46.3. The van der Waals surface area contributed by atoms with E-state index in [0.717, 1.165) is 18.5 Å². The molecule has 0 radical (unpaired) electrons. The van der Waals surface area contributed by atoms with E-state index >= 15 is 0 Å². The van der Waals surface area contributed by atoms with E-state index < -0.39 is 11.2 Å². The van der Waals surface area contributed by atoms with Crippen LogP contribution in [0.5, 0.6) is 0 Å². The molecule has 2 aromatic heterocycles. The van der Waals surface area contributed by atoms with Crippen molar-refractivity contribution in [2.75, 3.05) is 36.6 Å². The predicted molar refractivity (Wildman–Crippen MR) is 129 cm³/mol. The number of imidazole rings is 1. The fraction of sp³-hybridized carbons (Fsp3) is 0.364.